The second-order valence-corrected chi connectivity index (χ2v) is 7.77. The van der Waals surface area contributed by atoms with Gasteiger partial charge in [-0.3, -0.25) is 9.59 Å². The summed E-state index contributed by atoms with van der Waals surface area (Å²) in [5, 5.41) is 8.91. The average Bonchev–Trinajstić information content (AvgIpc) is 2.61. The number of hydrogen-bond donors (Lipinski definition) is 1. The van der Waals surface area contributed by atoms with Crippen molar-refractivity contribution in [2.24, 2.45) is 5.92 Å². The van der Waals surface area contributed by atoms with E-state index in [2.05, 4.69) is 0 Å². The summed E-state index contributed by atoms with van der Waals surface area (Å²) < 4.78 is 10.4. The maximum absolute atomic E-state index is 12.4. The van der Waals surface area contributed by atoms with Gasteiger partial charge in [-0.05, 0) is 48.0 Å². The minimum absolute atomic E-state index is 0.0979. The van der Waals surface area contributed by atoms with Crippen molar-refractivity contribution in [3.63, 3.8) is 0 Å². The van der Waals surface area contributed by atoms with Gasteiger partial charge in [0.25, 0.3) is 0 Å². The second kappa shape index (κ2) is 6.78. The molecule has 24 heavy (non-hydrogen) atoms. The van der Waals surface area contributed by atoms with Crippen molar-refractivity contribution >= 4 is 23.9 Å². The van der Waals surface area contributed by atoms with Crippen molar-refractivity contribution in [1.82, 2.24) is 4.90 Å². The molecule has 8 nitrogen and oxygen atoms in total. The highest BCUT2D eigenvalue weighted by atomic mass is 16.6. The van der Waals surface area contributed by atoms with Gasteiger partial charge in [0.15, 0.2) is 0 Å². The number of ether oxygens (including phenoxy) is 2. The monoisotopic (exact) mass is 343 g/mol. The fourth-order valence-electron chi connectivity index (χ4n) is 2.31. The molecule has 0 spiro atoms. The molecule has 1 aliphatic rings. The zero-order chi connectivity index (χ0) is 18.9. The lowest BCUT2D eigenvalue weighted by Crippen LogP contribution is -2.47. The number of carboxylic acids is 1. The van der Waals surface area contributed by atoms with Gasteiger partial charge in [0.2, 0.25) is 5.91 Å². The van der Waals surface area contributed by atoms with E-state index in [0.717, 1.165) is 0 Å². The Balaban J connectivity index is 3.07. The molecule has 0 aromatic rings. The number of rotatable bonds is 3. The molecule has 136 valence electrons. The smallest absolute Gasteiger partial charge is 0.417 e. The Bertz CT molecular complexity index is 542. The van der Waals surface area contributed by atoms with Crippen LogP contribution in [0.4, 0.5) is 4.79 Å². The summed E-state index contributed by atoms with van der Waals surface area (Å²) in [5.74, 6) is -3.63. The van der Waals surface area contributed by atoms with Crippen molar-refractivity contribution in [2.45, 2.75) is 71.6 Å². The van der Waals surface area contributed by atoms with E-state index >= 15 is 0 Å². The Morgan fingerprint density at radius 3 is 2.00 bits per heavy atom. The molecule has 0 radical (unpaired) electrons. The first-order chi connectivity index (χ1) is 10.7. The van der Waals surface area contributed by atoms with E-state index in [1.807, 2.05) is 0 Å². The molecule has 1 fully saturated rings. The number of nitrogens with zero attached hydrogens (tertiary/aromatic N) is 1. The topological polar surface area (TPSA) is 110 Å². The number of carbonyl (C=O) groups is 4. The predicted molar refractivity (Wildman–Crippen MR) is 83.1 cm³/mol. The molecule has 0 saturated carbocycles. The lowest BCUT2D eigenvalue weighted by Gasteiger charge is -2.28. The molecular weight excluding hydrogens is 318 g/mol. The summed E-state index contributed by atoms with van der Waals surface area (Å²) in [6, 6.07) is -1.18. The third-order valence-electron chi connectivity index (χ3n) is 3.10. The molecular formula is C16H25NO7. The normalized spacial score (nSPS) is 21.6. The van der Waals surface area contributed by atoms with Crippen LogP contribution in [-0.4, -0.2) is 51.2 Å². The number of carboxylic acid groups (broad SMARTS) is 1. The Labute approximate surface area is 141 Å². The number of amides is 2. The largest absolute Gasteiger partial charge is 0.481 e. The van der Waals surface area contributed by atoms with Gasteiger partial charge < -0.3 is 14.6 Å². The number of carbonyl (C=O) groups excluding carboxylic acids is 3. The fourth-order valence-corrected chi connectivity index (χ4v) is 2.31. The number of likely N-dealkylation sites (tertiary alicyclic amines) is 1. The van der Waals surface area contributed by atoms with Gasteiger partial charge in [-0.1, -0.05) is 0 Å². The number of imide groups is 1. The first kappa shape index (κ1) is 19.9. The van der Waals surface area contributed by atoms with Crippen LogP contribution in [0.25, 0.3) is 0 Å². The van der Waals surface area contributed by atoms with Crippen molar-refractivity contribution in [3.05, 3.63) is 0 Å². The summed E-state index contributed by atoms with van der Waals surface area (Å²) in [4.78, 5) is 48.7. The van der Waals surface area contributed by atoms with Gasteiger partial charge in [0, 0.05) is 0 Å². The number of esters is 1. The van der Waals surface area contributed by atoms with E-state index < -0.39 is 53.5 Å². The fraction of sp³-hybridized carbons (Fsp3) is 0.750. The Morgan fingerprint density at radius 1 is 1.08 bits per heavy atom. The summed E-state index contributed by atoms with van der Waals surface area (Å²) in [7, 11) is 0. The highest BCUT2D eigenvalue weighted by molar-refractivity contribution is 6.01. The van der Waals surface area contributed by atoms with Crippen LogP contribution in [-0.2, 0) is 23.9 Å². The summed E-state index contributed by atoms with van der Waals surface area (Å²) in [6.45, 7) is 9.87. The van der Waals surface area contributed by atoms with Crippen LogP contribution in [0, 0.1) is 5.92 Å². The first-order valence-electron chi connectivity index (χ1n) is 7.72. The van der Waals surface area contributed by atoms with Crippen LogP contribution in [0.1, 0.15) is 54.4 Å². The SMILES string of the molecule is CC(C)(C)OC(=O)[C@@H]1C[C@H](CC(=O)O)C(=O)N1C(=O)OC(C)(C)C. The van der Waals surface area contributed by atoms with E-state index in [1.54, 1.807) is 41.5 Å². The van der Waals surface area contributed by atoms with E-state index in [4.69, 9.17) is 14.6 Å². The third kappa shape index (κ3) is 5.50. The molecule has 1 N–H and O–H groups in total. The lowest BCUT2D eigenvalue weighted by molar-refractivity contribution is -0.161. The molecule has 2 amide bonds. The standard InChI is InChI=1S/C16H25NO7/c1-15(2,3)23-13(21)10-7-9(8-11(18)19)12(20)17(10)14(22)24-16(4,5)6/h9-10H,7-8H2,1-6H3,(H,18,19)/t9-,10+/m1/s1. The van der Waals surface area contributed by atoms with Gasteiger partial charge >= 0.3 is 18.0 Å². The van der Waals surface area contributed by atoms with Crippen LogP contribution in [0.15, 0.2) is 0 Å². The summed E-state index contributed by atoms with van der Waals surface area (Å²) >= 11 is 0. The van der Waals surface area contributed by atoms with E-state index in [1.165, 1.54) is 0 Å². The first-order valence-corrected chi connectivity index (χ1v) is 7.72. The average molecular weight is 343 g/mol. The molecule has 0 aliphatic carbocycles. The minimum Gasteiger partial charge on any atom is -0.481 e. The predicted octanol–water partition coefficient (Wildman–Crippen LogP) is 1.95. The zero-order valence-corrected chi connectivity index (χ0v) is 14.9. The Hall–Kier alpha value is -2.12. The molecule has 2 atom stereocenters. The van der Waals surface area contributed by atoms with Gasteiger partial charge in [-0.15, -0.1) is 0 Å². The van der Waals surface area contributed by atoms with Crippen molar-refractivity contribution < 1.29 is 33.8 Å². The Morgan fingerprint density at radius 2 is 1.58 bits per heavy atom. The maximum Gasteiger partial charge on any atom is 0.417 e. The van der Waals surface area contributed by atoms with Gasteiger partial charge in [-0.25, -0.2) is 14.5 Å². The highest BCUT2D eigenvalue weighted by Gasteiger charge is 2.49. The number of hydrogen-bond acceptors (Lipinski definition) is 6. The van der Waals surface area contributed by atoms with E-state index in [-0.39, 0.29) is 6.42 Å². The highest BCUT2D eigenvalue weighted by Crippen LogP contribution is 2.30. The minimum atomic E-state index is -1.18. The van der Waals surface area contributed by atoms with Crippen molar-refractivity contribution in [3.8, 4) is 0 Å². The van der Waals surface area contributed by atoms with Crippen molar-refractivity contribution in [1.29, 1.82) is 0 Å². The molecule has 8 heteroatoms. The number of aliphatic carboxylic acids is 1. The molecule has 1 rings (SSSR count). The maximum atomic E-state index is 12.4. The van der Waals surface area contributed by atoms with Crippen molar-refractivity contribution in [2.75, 3.05) is 0 Å². The zero-order valence-electron chi connectivity index (χ0n) is 14.9. The van der Waals surface area contributed by atoms with Gasteiger partial charge in [0.05, 0.1) is 12.3 Å². The van der Waals surface area contributed by atoms with Gasteiger partial charge in [-0.2, -0.15) is 0 Å². The van der Waals surface area contributed by atoms with Crippen LogP contribution in [0.3, 0.4) is 0 Å². The van der Waals surface area contributed by atoms with Crippen LogP contribution in [0.2, 0.25) is 0 Å². The van der Waals surface area contributed by atoms with Gasteiger partial charge in [0.1, 0.15) is 17.2 Å². The molecule has 1 heterocycles. The Kier molecular flexibility index (Phi) is 5.63. The quantitative estimate of drug-likeness (QED) is 0.780. The summed E-state index contributed by atoms with van der Waals surface area (Å²) in [6.07, 6.45) is -1.53. The molecule has 1 aliphatic heterocycles. The van der Waals surface area contributed by atoms with E-state index in [0.29, 0.717) is 4.90 Å². The molecule has 0 bridgehead atoms. The summed E-state index contributed by atoms with van der Waals surface area (Å²) in [5.41, 5.74) is -1.66. The third-order valence-corrected chi connectivity index (χ3v) is 3.10. The molecule has 1 saturated heterocycles. The lowest BCUT2D eigenvalue weighted by atomic mass is 10.0. The second-order valence-electron chi connectivity index (χ2n) is 7.77. The van der Waals surface area contributed by atoms with E-state index in [9.17, 15) is 19.2 Å². The van der Waals surface area contributed by atoms with Crippen LogP contribution in [0.5, 0.6) is 0 Å². The molecule has 0 aromatic heterocycles. The molecule has 0 aromatic carbocycles. The van der Waals surface area contributed by atoms with Crippen LogP contribution < -0.4 is 0 Å². The van der Waals surface area contributed by atoms with Crippen LogP contribution >= 0.6 is 0 Å². The molecule has 0 unspecified atom stereocenters.